The quantitative estimate of drug-likeness (QED) is 0.607. The number of carbonyl (C=O) groups excluding carboxylic acids is 1. The Kier molecular flexibility index (Phi) is 5.27. The molecular formula is C11H8F2INO3. The summed E-state index contributed by atoms with van der Waals surface area (Å²) in [6.07, 6.45) is 0. The van der Waals surface area contributed by atoms with Crippen LogP contribution in [0.5, 0.6) is 5.75 Å². The fourth-order valence-electron chi connectivity index (χ4n) is 1.22. The van der Waals surface area contributed by atoms with E-state index in [9.17, 15) is 13.6 Å². The van der Waals surface area contributed by atoms with Gasteiger partial charge in [0, 0.05) is 0 Å². The van der Waals surface area contributed by atoms with E-state index in [1.807, 2.05) is 0 Å². The van der Waals surface area contributed by atoms with Gasteiger partial charge in [-0.05, 0) is 41.6 Å². The highest BCUT2D eigenvalue weighted by atomic mass is 127. The third kappa shape index (κ3) is 3.53. The first-order chi connectivity index (χ1) is 8.49. The number of rotatable bonds is 4. The molecule has 4 nitrogen and oxygen atoms in total. The number of nitriles is 1. The molecule has 0 amide bonds. The number of hydrogen-bond acceptors (Lipinski definition) is 4. The van der Waals surface area contributed by atoms with Gasteiger partial charge >= 0.3 is 12.6 Å². The van der Waals surface area contributed by atoms with Gasteiger partial charge in [-0.15, -0.1) is 0 Å². The molecule has 96 valence electrons. The molecular weight excluding hydrogens is 359 g/mol. The second-order valence-electron chi connectivity index (χ2n) is 3.05. The summed E-state index contributed by atoms with van der Waals surface area (Å²) in [5, 5.41) is 8.86. The van der Waals surface area contributed by atoms with Crippen LogP contribution in [-0.4, -0.2) is 19.2 Å². The zero-order valence-electron chi connectivity index (χ0n) is 9.25. The minimum Gasteiger partial charge on any atom is -0.462 e. The van der Waals surface area contributed by atoms with Crippen LogP contribution < -0.4 is 4.74 Å². The molecule has 7 heteroatoms. The predicted molar refractivity (Wildman–Crippen MR) is 66.5 cm³/mol. The van der Waals surface area contributed by atoms with Gasteiger partial charge in [0.25, 0.3) is 0 Å². The smallest absolute Gasteiger partial charge is 0.387 e. The second-order valence-corrected chi connectivity index (χ2v) is 4.21. The minimum atomic E-state index is -3.03. The highest BCUT2D eigenvalue weighted by molar-refractivity contribution is 14.1. The van der Waals surface area contributed by atoms with Crippen molar-refractivity contribution in [1.29, 1.82) is 5.26 Å². The molecule has 0 aromatic heterocycles. The zero-order chi connectivity index (χ0) is 13.7. The first-order valence-corrected chi connectivity index (χ1v) is 5.93. The van der Waals surface area contributed by atoms with E-state index in [-0.39, 0.29) is 27.1 Å². The molecule has 18 heavy (non-hydrogen) atoms. The average molecular weight is 367 g/mol. The zero-order valence-corrected chi connectivity index (χ0v) is 11.4. The Morgan fingerprint density at radius 3 is 2.72 bits per heavy atom. The lowest BCUT2D eigenvalue weighted by atomic mass is 10.1. The van der Waals surface area contributed by atoms with Gasteiger partial charge in [-0.25, -0.2) is 4.79 Å². The van der Waals surface area contributed by atoms with Gasteiger partial charge in [0.05, 0.1) is 21.3 Å². The molecule has 1 aromatic carbocycles. The Morgan fingerprint density at radius 2 is 2.22 bits per heavy atom. The molecule has 0 N–H and O–H groups in total. The van der Waals surface area contributed by atoms with E-state index in [1.165, 1.54) is 6.07 Å². The van der Waals surface area contributed by atoms with E-state index < -0.39 is 12.6 Å². The van der Waals surface area contributed by atoms with Crippen molar-refractivity contribution in [3.63, 3.8) is 0 Å². The number of alkyl halides is 2. The molecule has 1 aromatic rings. The Balaban J connectivity index is 3.19. The van der Waals surface area contributed by atoms with Gasteiger partial charge in [0.1, 0.15) is 6.07 Å². The van der Waals surface area contributed by atoms with Gasteiger partial charge in [0.2, 0.25) is 0 Å². The Bertz CT molecular complexity index is 500. The predicted octanol–water partition coefficient (Wildman–Crippen LogP) is 2.94. The van der Waals surface area contributed by atoms with Crippen molar-refractivity contribution in [2.75, 3.05) is 6.61 Å². The van der Waals surface area contributed by atoms with Gasteiger partial charge in [-0.3, -0.25) is 0 Å². The van der Waals surface area contributed by atoms with Gasteiger partial charge < -0.3 is 9.47 Å². The van der Waals surface area contributed by atoms with E-state index in [2.05, 4.69) is 4.74 Å². The normalized spacial score (nSPS) is 10.0. The van der Waals surface area contributed by atoms with Crippen molar-refractivity contribution < 1.29 is 23.0 Å². The SMILES string of the molecule is CCOC(=O)c1cc(I)c(OC(F)F)c(C#N)c1. The van der Waals surface area contributed by atoms with Crippen LogP contribution >= 0.6 is 22.6 Å². The molecule has 0 heterocycles. The Morgan fingerprint density at radius 1 is 1.56 bits per heavy atom. The maximum absolute atomic E-state index is 12.2. The highest BCUT2D eigenvalue weighted by Crippen LogP contribution is 2.28. The summed E-state index contributed by atoms with van der Waals surface area (Å²) in [6.45, 7) is -1.20. The topological polar surface area (TPSA) is 59.3 Å². The fourth-order valence-corrected chi connectivity index (χ4v) is 1.97. The molecule has 0 aliphatic carbocycles. The van der Waals surface area contributed by atoms with Crippen molar-refractivity contribution in [3.05, 3.63) is 26.8 Å². The van der Waals surface area contributed by atoms with Crippen LogP contribution in [0.4, 0.5) is 8.78 Å². The van der Waals surface area contributed by atoms with Crippen molar-refractivity contribution in [3.8, 4) is 11.8 Å². The lowest BCUT2D eigenvalue weighted by Gasteiger charge is -2.10. The number of benzene rings is 1. The largest absolute Gasteiger partial charge is 0.462 e. The van der Waals surface area contributed by atoms with Crippen LogP contribution in [0.3, 0.4) is 0 Å². The molecule has 1 rings (SSSR count). The van der Waals surface area contributed by atoms with Gasteiger partial charge in [-0.1, -0.05) is 0 Å². The summed E-state index contributed by atoms with van der Waals surface area (Å²) < 4.78 is 33.6. The molecule has 0 saturated heterocycles. The molecule has 0 saturated carbocycles. The molecule has 0 aliphatic rings. The third-order valence-electron chi connectivity index (χ3n) is 1.88. The van der Waals surface area contributed by atoms with Crippen LogP contribution in [0.25, 0.3) is 0 Å². The molecule has 0 spiro atoms. The van der Waals surface area contributed by atoms with E-state index in [4.69, 9.17) is 10.00 Å². The van der Waals surface area contributed by atoms with Crippen molar-refractivity contribution in [2.45, 2.75) is 13.5 Å². The number of halogens is 3. The van der Waals surface area contributed by atoms with Crippen LogP contribution in [0.2, 0.25) is 0 Å². The Labute approximate surface area is 116 Å². The second kappa shape index (κ2) is 6.49. The van der Waals surface area contributed by atoms with Crippen LogP contribution in [0.1, 0.15) is 22.8 Å². The monoisotopic (exact) mass is 367 g/mol. The third-order valence-corrected chi connectivity index (χ3v) is 2.68. The maximum atomic E-state index is 12.2. The fraction of sp³-hybridized carbons (Fsp3) is 0.273. The first kappa shape index (κ1) is 14.6. The van der Waals surface area contributed by atoms with Crippen molar-refractivity contribution in [1.82, 2.24) is 0 Å². The van der Waals surface area contributed by atoms with Crippen molar-refractivity contribution in [2.24, 2.45) is 0 Å². The summed E-state index contributed by atoms with van der Waals surface area (Å²) >= 11 is 1.71. The van der Waals surface area contributed by atoms with Crippen LogP contribution in [0.15, 0.2) is 12.1 Å². The summed E-state index contributed by atoms with van der Waals surface area (Å²) in [7, 11) is 0. The number of nitrogens with zero attached hydrogens (tertiary/aromatic N) is 1. The maximum Gasteiger partial charge on any atom is 0.387 e. The molecule has 0 unspecified atom stereocenters. The van der Waals surface area contributed by atoms with E-state index in [0.717, 1.165) is 6.07 Å². The standard InChI is InChI=1S/C11H8F2INO3/c1-2-17-10(16)6-3-7(5-15)9(8(14)4-6)18-11(12)13/h3-4,11H,2H2,1H3. The molecule has 0 atom stereocenters. The first-order valence-electron chi connectivity index (χ1n) is 4.85. The van der Waals surface area contributed by atoms with Crippen LogP contribution in [0, 0.1) is 14.9 Å². The van der Waals surface area contributed by atoms with Gasteiger partial charge in [-0.2, -0.15) is 14.0 Å². The molecule has 0 radical (unpaired) electrons. The summed E-state index contributed by atoms with van der Waals surface area (Å²) in [5.41, 5.74) is -0.00957. The lowest BCUT2D eigenvalue weighted by molar-refractivity contribution is -0.0506. The number of hydrogen-bond donors (Lipinski definition) is 0. The van der Waals surface area contributed by atoms with E-state index in [0.29, 0.717) is 0 Å². The van der Waals surface area contributed by atoms with E-state index in [1.54, 1.807) is 35.6 Å². The number of esters is 1. The molecule has 0 fully saturated rings. The van der Waals surface area contributed by atoms with Crippen LogP contribution in [-0.2, 0) is 4.74 Å². The summed E-state index contributed by atoms with van der Waals surface area (Å²) in [5.74, 6) is -0.850. The lowest BCUT2D eigenvalue weighted by Crippen LogP contribution is -2.09. The molecule has 0 bridgehead atoms. The van der Waals surface area contributed by atoms with Crippen molar-refractivity contribution >= 4 is 28.6 Å². The number of ether oxygens (including phenoxy) is 2. The minimum absolute atomic E-state index is 0.124. The van der Waals surface area contributed by atoms with E-state index >= 15 is 0 Å². The average Bonchev–Trinajstić information content (AvgIpc) is 2.31. The molecule has 0 aliphatic heterocycles. The van der Waals surface area contributed by atoms with Gasteiger partial charge in [0.15, 0.2) is 5.75 Å². The summed E-state index contributed by atoms with van der Waals surface area (Å²) in [6, 6.07) is 4.20. The highest BCUT2D eigenvalue weighted by Gasteiger charge is 2.18. The summed E-state index contributed by atoms with van der Waals surface area (Å²) in [4.78, 5) is 11.5. The Hall–Kier alpha value is -1.43. The number of carbonyl (C=O) groups is 1.